The molecule has 37 heavy (non-hydrogen) atoms. The molecule has 0 radical (unpaired) electrons. The van der Waals surface area contributed by atoms with Crippen molar-refractivity contribution in [2.75, 3.05) is 0 Å². The number of aryl methyl sites for hydroxylation is 3. The fraction of sp³-hybridized carbons (Fsp3) is 0.312. The molecule has 0 saturated heterocycles. The number of hydrogen-bond acceptors (Lipinski definition) is 5. The minimum Gasteiger partial charge on any atom is -0.506 e. The van der Waals surface area contributed by atoms with Crippen LogP contribution in [0.25, 0.3) is 10.8 Å². The molecule has 5 heteroatoms. The zero-order chi connectivity index (χ0) is 26.2. The summed E-state index contributed by atoms with van der Waals surface area (Å²) < 4.78 is 0. The molecule has 190 valence electrons. The summed E-state index contributed by atoms with van der Waals surface area (Å²) in [6, 6.07) is 23.6. The van der Waals surface area contributed by atoms with E-state index in [-0.39, 0.29) is 5.75 Å². The third-order valence-electron chi connectivity index (χ3n) is 6.64. The first-order valence-electron chi connectivity index (χ1n) is 13.2. The molecule has 4 rings (SSSR count). The Hall–Kier alpha value is -3.86. The van der Waals surface area contributed by atoms with Gasteiger partial charge in [0.25, 0.3) is 0 Å². The Kier molecular flexibility index (Phi) is 8.78. The Balaban J connectivity index is 1.53. The van der Waals surface area contributed by atoms with Gasteiger partial charge in [-0.2, -0.15) is 15.3 Å². The highest BCUT2D eigenvalue weighted by molar-refractivity contribution is 5.97. The number of nitrogens with zero attached hydrogens (tertiary/aromatic N) is 4. The molecule has 0 bridgehead atoms. The van der Waals surface area contributed by atoms with Gasteiger partial charge in [0, 0.05) is 5.39 Å². The molecular formula is C32H36N4O. The lowest BCUT2D eigenvalue weighted by Crippen LogP contribution is -1.91. The van der Waals surface area contributed by atoms with Gasteiger partial charge in [0.2, 0.25) is 0 Å². The van der Waals surface area contributed by atoms with E-state index in [1.54, 1.807) is 0 Å². The van der Waals surface area contributed by atoms with Crippen LogP contribution >= 0.6 is 0 Å². The number of phenolic OH excluding ortho intramolecular Hbond substituents is 1. The van der Waals surface area contributed by atoms with Gasteiger partial charge in [0.15, 0.2) is 0 Å². The van der Waals surface area contributed by atoms with Crippen LogP contribution in [0.3, 0.4) is 0 Å². The molecule has 0 aliphatic carbocycles. The minimum atomic E-state index is 0.168. The van der Waals surface area contributed by atoms with Crippen LogP contribution in [-0.4, -0.2) is 5.11 Å². The third-order valence-corrected chi connectivity index (χ3v) is 6.64. The first-order valence-corrected chi connectivity index (χ1v) is 13.2. The van der Waals surface area contributed by atoms with Crippen molar-refractivity contribution in [2.45, 2.75) is 59.8 Å². The summed E-state index contributed by atoms with van der Waals surface area (Å²) in [7, 11) is 0. The van der Waals surface area contributed by atoms with Gasteiger partial charge < -0.3 is 5.11 Å². The largest absolute Gasteiger partial charge is 0.506 e. The number of benzene rings is 4. The van der Waals surface area contributed by atoms with E-state index in [0.717, 1.165) is 63.3 Å². The molecule has 0 spiro atoms. The van der Waals surface area contributed by atoms with E-state index in [1.807, 2.05) is 80.6 Å². The summed E-state index contributed by atoms with van der Waals surface area (Å²) in [5, 5.41) is 30.7. The fourth-order valence-corrected chi connectivity index (χ4v) is 4.48. The van der Waals surface area contributed by atoms with Gasteiger partial charge in [-0.15, -0.1) is 5.11 Å². The highest BCUT2D eigenvalue weighted by Crippen LogP contribution is 2.39. The van der Waals surface area contributed by atoms with Crippen LogP contribution in [-0.2, 0) is 6.42 Å². The van der Waals surface area contributed by atoms with E-state index < -0.39 is 0 Å². The van der Waals surface area contributed by atoms with Gasteiger partial charge in [-0.3, -0.25) is 0 Å². The van der Waals surface area contributed by atoms with Crippen LogP contribution in [0.1, 0.15) is 56.2 Å². The third kappa shape index (κ3) is 6.88. The maximum Gasteiger partial charge on any atom is 0.144 e. The molecule has 0 fully saturated rings. The zero-order valence-corrected chi connectivity index (χ0v) is 22.3. The van der Waals surface area contributed by atoms with Crippen LogP contribution in [0.5, 0.6) is 5.75 Å². The first kappa shape index (κ1) is 26.2. The molecule has 0 heterocycles. The molecule has 0 saturated carbocycles. The van der Waals surface area contributed by atoms with Crippen LogP contribution in [0.2, 0.25) is 0 Å². The van der Waals surface area contributed by atoms with Crippen LogP contribution in [0.4, 0.5) is 22.7 Å². The summed E-state index contributed by atoms with van der Waals surface area (Å²) in [6.07, 6.45) is 5.78. The van der Waals surface area contributed by atoms with Gasteiger partial charge in [-0.1, -0.05) is 75.6 Å². The lowest BCUT2D eigenvalue weighted by atomic mass is 9.97. The number of fused-ring (bicyclic) bond motifs is 1. The molecule has 0 amide bonds. The minimum absolute atomic E-state index is 0.168. The average Bonchev–Trinajstić information content (AvgIpc) is 2.88. The summed E-state index contributed by atoms with van der Waals surface area (Å²) in [5.41, 5.74) is 6.02. The predicted molar refractivity (Wildman–Crippen MR) is 153 cm³/mol. The highest BCUT2D eigenvalue weighted by Gasteiger charge is 2.12. The normalized spacial score (nSPS) is 11.9. The number of unbranched alkanes of at least 4 members (excludes halogenated alkanes) is 2. The second kappa shape index (κ2) is 12.4. The molecule has 0 atom stereocenters. The lowest BCUT2D eigenvalue weighted by Gasteiger charge is -2.11. The molecule has 1 N–H and O–H groups in total. The summed E-state index contributed by atoms with van der Waals surface area (Å²) >= 11 is 0. The van der Waals surface area contributed by atoms with Crippen molar-refractivity contribution in [2.24, 2.45) is 26.4 Å². The Morgan fingerprint density at radius 1 is 0.676 bits per heavy atom. The van der Waals surface area contributed by atoms with Crippen LogP contribution in [0, 0.1) is 19.8 Å². The maximum absolute atomic E-state index is 10.9. The zero-order valence-electron chi connectivity index (χ0n) is 22.3. The van der Waals surface area contributed by atoms with Gasteiger partial charge in [-0.05, 0) is 85.0 Å². The topological polar surface area (TPSA) is 69.7 Å². The summed E-state index contributed by atoms with van der Waals surface area (Å²) in [4.78, 5) is 0. The van der Waals surface area contributed by atoms with Gasteiger partial charge in [-0.25, -0.2) is 0 Å². The quantitative estimate of drug-likeness (QED) is 0.173. The van der Waals surface area contributed by atoms with E-state index in [9.17, 15) is 5.11 Å². The molecule has 0 aromatic heterocycles. The molecule has 0 aliphatic heterocycles. The maximum atomic E-state index is 10.9. The Morgan fingerprint density at radius 2 is 1.38 bits per heavy atom. The monoisotopic (exact) mass is 492 g/mol. The number of rotatable bonds is 10. The van der Waals surface area contributed by atoms with Crippen molar-refractivity contribution >= 4 is 33.5 Å². The van der Waals surface area contributed by atoms with Gasteiger partial charge >= 0.3 is 0 Å². The lowest BCUT2D eigenvalue weighted by molar-refractivity contribution is 0.476. The van der Waals surface area contributed by atoms with E-state index >= 15 is 0 Å². The molecular weight excluding hydrogens is 456 g/mol. The van der Waals surface area contributed by atoms with Crippen molar-refractivity contribution in [3.05, 3.63) is 89.5 Å². The number of hydrogen-bond donors (Lipinski definition) is 1. The van der Waals surface area contributed by atoms with Crippen LogP contribution in [0.15, 0.2) is 93.3 Å². The standard InChI is InChI=1S/C32H36N4O/c1-22(2)12-6-5-7-14-25-21-31(37)32(28-16-10-9-15-27(25)28)36-35-30-19-18-26(20-24(30)4)33-34-29-17-11-8-13-23(29)3/h8-11,13,15-22,37H,5-7,12,14H2,1-4H3. The van der Waals surface area contributed by atoms with Crippen molar-refractivity contribution in [1.29, 1.82) is 0 Å². The number of phenols is 1. The van der Waals surface area contributed by atoms with Crippen molar-refractivity contribution < 1.29 is 5.11 Å². The van der Waals surface area contributed by atoms with Gasteiger partial charge in [0.05, 0.1) is 17.1 Å². The Bertz CT molecular complexity index is 1420. The summed E-state index contributed by atoms with van der Waals surface area (Å²) in [6.45, 7) is 8.53. The second-order valence-electron chi connectivity index (χ2n) is 10.1. The SMILES string of the molecule is Cc1ccccc1N=Nc1ccc(N=Nc2c(O)cc(CCCCCC(C)C)c3ccccc23)c(C)c1. The molecule has 4 aromatic carbocycles. The molecule has 5 nitrogen and oxygen atoms in total. The van der Waals surface area contributed by atoms with Crippen LogP contribution < -0.4 is 0 Å². The second-order valence-corrected chi connectivity index (χ2v) is 10.1. The fourth-order valence-electron chi connectivity index (χ4n) is 4.48. The van der Waals surface area contributed by atoms with Crippen molar-refractivity contribution in [1.82, 2.24) is 0 Å². The first-order chi connectivity index (χ1) is 17.9. The van der Waals surface area contributed by atoms with Gasteiger partial charge in [0.1, 0.15) is 11.4 Å². The highest BCUT2D eigenvalue weighted by atomic mass is 16.3. The molecule has 0 unspecified atom stereocenters. The van der Waals surface area contributed by atoms with E-state index in [4.69, 9.17) is 0 Å². The van der Waals surface area contributed by atoms with Crippen molar-refractivity contribution in [3.63, 3.8) is 0 Å². The van der Waals surface area contributed by atoms with E-state index in [1.165, 1.54) is 19.3 Å². The Labute approximate surface area is 220 Å². The smallest absolute Gasteiger partial charge is 0.144 e. The molecule has 0 aliphatic rings. The molecule has 4 aromatic rings. The average molecular weight is 493 g/mol. The predicted octanol–water partition coefficient (Wildman–Crippen LogP) is 10.8. The van der Waals surface area contributed by atoms with E-state index in [2.05, 4.69) is 40.4 Å². The Morgan fingerprint density at radius 3 is 2.14 bits per heavy atom. The van der Waals surface area contributed by atoms with Crippen molar-refractivity contribution in [3.8, 4) is 5.75 Å². The van der Waals surface area contributed by atoms with E-state index in [0.29, 0.717) is 5.69 Å². The summed E-state index contributed by atoms with van der Waals surface area (Å²) in [5.74, 6) is 0.915. The number of aromatic hydroxyl groups is 1. The number of azo groups is 2.